The Balaban J connectivity index is 2.28. The number of hydrogen-bond acceptors (Lipinski definition) is 3. The summed E-state index contributed by atoms with van der Waals surface area (Å²) in [5.74, 6) is -0.192. The summed E-state index contributed by atoms with van der Waals surface area (Å²) in [7, 11) is 0. The third-order valence-corrected chi connectivity index (χ3v) is 2.09. The van der Waals surface area contributed by atoms with E-state index in [2.05, 4.69) is 5.48 Å². The molecule has 0 bridgehead atoms. The van der Waals surface area contributed by atoms with Crippen molar-refractivity contribution in [2.24, 2.45) is 5.73 Å². The third-order valence-electron chi connectivity index (χ3n) is 2.09. The fourth-order valence-electron chi connectivity index (χ4n) is 1.06. The quantitative estimate of drug-likeness (QED) is 0.603. The van der Waals surface area contributed by atoms with Crippen molar-refractivity contribution in [1.82, 2.24) is 5.48 Å². The van der Waals surface area contributed by atoms with Crippen LogP contribution in [0.25, 0.3) is 0 Å². The van der Waals surface area contributed by atoms with Crippen LogP contribution in [-0.4, -0.2) is 17.6 Å². The largest absolute Gasteiger partial charge is 0.317 e. The zero-order valence-electron chi connectivity index (χ0n) is 7.59. The van der Waals surface area contributed by atoms with Crippen LogP contribution >= 0.6 is 0 Å². The Hall–Kier alpha value is -0.610. The van der Waals surface area contributed by atoms with Crippen molar-refractivity contribution >= 4 is 5.91 Å². The summed E-state index contributed by atoms with van der Waals surface area (Å²) in [5, 5.41) is 0. The van der Waals surface area contributed by atoms with Gasteiger partial charge in [-0.25, -0.2) is 5.48 Å². The highest BCUT2D eigenvalue weighted by atomic mass is 16.7. The van der Waals surface area contributed by atoms with E-state index in [1.807, 2.05) is 13.8 Å². The van der Waals surface area contributed by atoms with Gasteiger partial charge < -0.3 is 5.73 Å². The molecule has 0 heterocycles. The molecule has 0 aromatic carbocycles. The van der Waals surface area contributed by atoms with Gasteiger partial charge in [0.25, 0.3) is 5.91 Å². The lowest BCUT2D eigenvalue weighted by atomic mass is 9.77. The first-order valence-corrected chi connectivity index (χ1v) is 4.29. The highest BCUT2D eigenvalue weighted by molar-refractivity contribution is 5.86. The van der Waals surface area contributed by atoms with Gasteiger partial charge in [-0.1, -0.05) is 0 Å². The smallest absolute Gasteiger partial charge is 0.263 e. The van der Waals surface area contributed by atoms with Gasteiger partial charge in [-0.2, -0.15) is 0 Å². The number of rotatable bonds is 3. The Morgan fingerprint density at radius 1 is 1.58 bits per heavy atom. The Morgan fingerprint density at radius 3 is 2.50 bits per heavy atom. The van der Waals surface area contributed by atoms with Crippen molar-refractivity contribution in [2.75, 3.05) is 0 Å². The molecule has 0 aromatic rings. The zero-order chi connectivity index (χ0) is 9.19. The molecule has 1 saturated carbocycles. The molecule has 0 aromatic heterocycles. The van der Waals surface area contributed by atoms with Crippen LogP contribution in [0.5, 0.6) is 0 Å². The van der Waals surface area contributed by atoms with Crippen molar-refractivity contribution in [1.29, 1.82) is 0 Å². The molecule has 70 valence electrons. The van der Waals surface area contributed by atoms with Gasteiger partial charge in [0.05, 0.1) is 11.6 Å². The Morgan fingerprint density at radius 2 is 2.17 bits per heavy atom. The van der Waals surface area contributed by atoms with E-state index in [0.717, 1.165) is 19.3 Å². The van der Waals surface area contributed by atoms with Crippen LogP contribution in [0.15, 0.2) is 0 Å². The number of carbonyl (C=O) groups excluding carboxylic acids is 1. The second kappa shape index (κ2) is 3.41. The lowest BCUT2D eigenvalue weighted by molar-refractivity contribution is -0.145. The van der Waals surface area contributed by atoms with E-state index in [1.165, 1.54) is 0 Å². The maximum absolute atomic E-state index is 11.3. The van der Waals surface area contributed by atoms with Crippen LogP contribution in [0.2, 0.25) is 0 Å². The molecule has 12 heavy (non-hydrogen) atoms. The van der Waals surface area contributed by atoms with Crippen LogP contribution in [0.3, 0.4) is 0 Å². The molecule has 0 aliphatic heterocycles. The van der Waals surface area contributed by atoms with Crippen LogP contribution in [0.4, 0.5) is 0 Å². The van der Waals surface area contributed by atoms with E-state index in [9.17, 15) is 4.79 Å². The fraction of sp³-hybridized carbons (Fsp3) is 0.875. The van der Waals surface area contributed by atoms with Crippen molar-refractivity contribution in [3.05, 3.63) is 0 Å². The topological polar surface area (TPSA) is 64.3 Å². The summed E-state index contributed by atoms with van der Waals surface area (Å²) in [6.07, 6.45) is 2.56. The summed E-state index contributed by atoms with van der Waals surface area (Å²) in [6, 6.07) is 0. The monoisotopic (exact) mass is 172 g/mol. The molecule has 0 unspecified atom stereocenters. The van der Waals surface area contributed by atoms with Crippen molar-refractivity contribution in [3.63, 3.8) is 0 Å². The molecule has 0 spiro atoms. The predicted molar refractivity (Wildman–Crippen MR) is 45.1 cm³/mol. The van der Waals surface area contributed by atoms with E-state index < -0.39 is 5.54 Å². The maximum Gasteiger partial charge on any atom is 0.263 e. The summed E-state index contributed by atoms with van der Waals surface area (Å²) in [5.41, 5.74) is 7.44. The summed E-state index contributed by atoms with van der Waals surface area (Å²) in [6.45, 7) is 3.70. The molecular weight excluding hydrogens is 156 g/mol. The highest BCUT2D eigenvalue weighted by Crippen LogP contribution is 2.28. The minimum Gasteiger partial charge on any atom is -0.317 e. The molecular formula is C8H16N2O2. The normalized spacial score (nSPS) is 20.3. The molecule has 1 aliphatic carbocycles. The van der Waals surface area contributed by atoms with E-state index in [4.69, 9.17) is 10.6 Å². The first-order chi connectivity index (χ1) is 5.54. The highest BCUT2D eigenvalue weighted by Gasteiger charge is 2.40. The fourth-order valence-corrected chi connectivity index (χ4v) is 1.06. The van der Waals surface area contributed by atoms with Crippen LogP contribution in [0, 0.1) is 0 Å². The minimum absolute atomic E-state index is 0.00220. The number of hydroxylamine groups is 1. The van der Waals surface area contributed by atoms with Gasteiger partial charge >= 0.3 is 0 Å². The standard InChI is InChI=1S/C8H16N2O2/c1-6(2)12-10-7(11)8(9)4-3-5-8/h6H,3-5,9H2,1-2H3,(H,10,11). The van der Waals surface area contributed by atoms with Crippen molar-refractivity contribution in [2.45, 2.75) is 44.8 Å². The number of nitrogens with two attached hydrogens (primary N) is 1. The Kier molecular flexibility index (Phi) is 2.69. The van der Waals surface area contributed by atoms with E-state index in [0.29, 0.717) is 0 Å². The predicted octanol–water partition coefficient (Wildman–Crippen LogP) is 0.324. The van der Waals surface area contributed by atoms with Gasteiger partial charge in [0.2, 0.25) is 0 Å². The minimum atomic E-state index is -0.658. The summed E-state index contributed by atoms with van der Waals surface area (Å²) in [4.78, 5) is 16.2. The summed E-state index contributed by atoms with van der Waals surface area (Å²) < 4.78 is 0. The molecule has 1 rings (SSSR count). The molecule has 1 fully saturated rings. The molecule has 1 aliphatic rings. The van der Waals surface area contributed by atoms with Gasteiger partial charge in [-0.3, -0.25) is 9.63 Å². The van der Waals surface area contributed by atoms with E-state index in [-0.39, 0.29) is 12.0 Å². The van der Waals surface area contributed by atoms with E-state index in [1.54, 1.807) is 0 Å². The number of hydrogen-bond donors (Lipinski definition) is 2. The number of amides is 1. The van der Waals surface area contributed by atoms with Gasteiger partial charge in [0.1, 0.15) is 0 Å². The molecule has 1 amide bonds. The number of nitrogens with one attached hydrogen (secondary N) is 1. The van der Waals surface area contributed by atoms with Gasteiger partial charge in [-0.05, 0) is 33.1 Å². The van der Waals surface area contributed by atoms with Crippen LogP contribution < -0.4 is 11.2 Å². The maximum atomic E-state index is 11.3. The SMILES string of the molecule is CC(C)ONC(=O)C1(N)CCC1. The average Bonchev–Trinajstić information content (AvgIpc) is 1.95. The molecule has 4 heteroatoms. The lowest BCUT2D eigenvalue weighted by Gasteiger charge is -2.35. The summed E-state index contributed by atoms with van der Waals surface area (Å²) >= 11 is 0. The Labute approximate surface area is 72.4 Å². The first-order valence-electron chi connectivity index (χ1n) is 4.29. The van der Waals surface area contributed by atoms with Gasteiger partial charge in [0.15, 0.2) is 0 Å². The van der Waals surface area contributed by atoms with E-state index >= 15 is 0 Å². The third kappa shape index (κ3) is 1.95. The molecule has 0 saturated heterocycles. The zero-order valence-corrected chi connectivity index (χ0v) is 7.59. The molecule has 0 radical (unpaired) electrons. The van der Waals surface area contributed by atoms with Gasteiger partial charge in [-0.15, -0.1) is 0 Å². The second-order valence-electron chi connectivity index (χ2n) is 3.61. The molecule has 3 N–H and O–H groups in total. The van der Waals surface area contributed by atoms with Crippen LogP contribution in [0.1, 0.15) is 33.1 Å². The van der Waals surface area contributed by atoms with Crippen molar-refractivity contribution < 1.29 is 9.63 Å². The first kappa shape index (κ1) is 9.48. The lowest BCUT2D eigenvalue weighted by Crippen LogP contribution is -2.58. The average molecular weight is 172 g/mol. The molecule has 0 atom stereocenters. The van der Waals surface area contributed by atoms with Gasteiger partial charge in [0, 0.05) is 0 Å². The number of carbonyl (C=O) groups is 1. The molecule has 4 nitrogen and oxygen atoms in total. The second-order valence-corrected chi connectivity index (χ2v) is 3.61. The van der Waals surface area contributed by atoms with Crippen molar-refractivity contribution in [3.8, 4) is 0 Å². The Bertz CT molecular complexity index is 176. The van der Waals surface area contributed by atoms with Crippen LogP contribution in [-0.2, 0) is 9.63 Å².